The number of aryl methyl sites for hydroxylation is 2. The molecule has 1 saturated heterocycles. The van der Waals surface area contributed by atoms with Gasteiger partial charge in [0.2, 0.25) is 0 Å². The highest BCUT2D eigenvalue weighted by molar-refractivity contribution is 6.62. The summed E-state index contributed by atoms with van der Waals surface area (Å²) in [7, 11) is -0.385. The maximum Gasteiger partial charge on any atom is 0.494 e. The van der Waals surface area contributed by atoms with Crippen LogP contribution in [0.5, 0.6) is 5.75 Å². The first kappa shape index (κ1) is 24.4. The van der Waals surface area contributed by atoms with Crippen molar-refractivity contribution in [2.45, 2.75) is 85.0 Å². The molecular weight excluding hydrogens is 439 g/mol. The maximum atomic E-state index is 12.3. The predicted octanol–water partition coefficient (Wildman–Crippen LogP) is 4.88. The van der Waals surface area contributed by atoms with Gasteiger partial charge in [0.05, 0.1) is 23.7 Å². The van der Waals surface area contributed by atoms with E-state index < -0.39 is 0 Å². The molecule has 5 rings (SSSR count). The van der Waals surface area contributed by atoms with Gasteiger partial charge in [0, 0.05) is 5.92 Å². The molecule has 3 unspecified atom stereocenters. The smallest absolute Gasteiger partial charge is 0.489 e. The quantitative estimate of drug-likeness (QED) is 0.421. The Morgan fingerprint density at radius 2 is 1.77 bits per heavy atom. The molecule has 1 saturated carbocycles. The van der Waals surface area contributed by atoms with Gasteiger partial charge in [0.1, 0.15) is 12.4 Å². The molecule has 2 aliphatic carbocycles. The van der Waals surface area contributed by atoms with Crippen LogP contribution in [-0.2, 0) is 38.3 Å². The lowest BCUT2D eigenvalue weighted by atomic mass is 9.78. The summed E-state index contributed by atoms with van der Waals surface area (Å²) >= 11 is 0. The third kappa shape index (κ3) is 4.19. The topological polar surface area (TPSA) is 54.0 Å². The summed E-state index contributed by atoms with van der Waals surface area (Å²) in [5, 5.41) is 0. The maximum absolute atomic E-state index is 12.3. The Hall–Kier alpha value is -2.31. The number of rotatable bonds is 7. The number of benzene rings is 2. The molecule has 2 aromatic carbocycles. The van der Waals surface area contributed by atoms with Crippen molar-refractivity contribution in [2.24, 2.45) is 11.8 Å². The number of carbonyl (C=O) groups is 1. The highest BCUT2D eigenvalue weighted by atomic mass is 16.7. The standard InChI is InChI=1S/C29H37BO5/c1-8-18-13-22-19(14-23-25(22)26(23)27(31)32-9-2)15-24(18)33-16-20-12-21(11-10-17(20)3)30-34-28(4,5)29(6,7)35-30/h10-13,15,23,25-26H,8-9,14,16H2,1-7H3. The summed E-state index contributed by atoms with van der Waals surface area (Å²) in [4.78, 5) is 12.3. The highest BCUT2D eigenvalue weighted by Gasteiger charge is 2.60. The Morgan fingerprint density at radius 1 is 1.06 bits per heavy atom. The molecule has 3 atom stereocenters. The zero-order chi connectivity index (χ0) is 25.1. The van der Waals surface area contributed by atoms with Gasteiger partial charge >= 0.3 is 13.1 Å². The highest BCUT2D eigenvalue weighted by Crippen LogP contribution is 2.62. The van der Waals surface area contributed by atoms with Crippen molar-refractivity contribution in [3.05, 3.63) is 58.1 Å². The number of carbonyl (C=O) groups excluding carboxylic acids is 1. The Morgan fingerprint density at radius 3 is 2.43 bits per heavy atom. The van der Waals surface area contributed by atoms with Crippen molar-refractivity contribution in [1.29, 1.82) is 0 Å². The summed E-state index contributed by atoms with van der Waals surface area (Å²) in [6.07, 6.45) is 1.82. The molecule has 186 valence electrons. The van der Waals surface area contributed by atoms with Crippen LogP contribution in [0.1, 0.15) is 75.3 Å². The van der Waals surface area contributed by atoms with E-state index in [0.717, 1.165) is 29.6 Å². The average Bonchev–Trinajstić information content (AvgIpc) is 3.31. The summed E-state index contributed by atoms with van der Waals surface area (Å²) < 4.78 is 24.2. The molecular formula is C29H37BO5. The molecule has 1 heterocycles. The van der Waals surface area contributed by atoms with Gasteiger partial charge in [-0.25, -0.2) is 0 Å². The zero-order valence-electron chi connectivity index (χ0n) is 22.1. The van der Waals surface area contributed by atoms with Gasteiger partial charge in [0.15, 0.2) is 0 Å². The minimum atomic E-state index is -0.385. The lowest BCUT2D eigenvalue weighted by Crippen LogP contribution is -2.41. The molecule has 0 amide bonds. The van der Waals surface area contributed by atoms with Gasteiger partial charge in [-0.05, 0) is 99.6 Å². The first-order chi connectivity index (χ1) is 16.6. The number of esters is 1. The number of hydrogen-bond acceptors (Lipinski definition) is 5. The number of hydrogen-bond donors (Lipinski definition) is 0. The third-order valence-corrected chi connectivity index (χ3v) is 8.53. The van der Waals surface area contributed by atoms with Crippen LogP contribution in [0.3, 0.4) is 0 Å². The van der Waals surface area contributed by atoms with Crippen molar-refractivity contribution in [3.63, 3.8) is 0 Å². The third-order valence-electron chi connectivity index (χ3n) is 8.53. The lowest BCUT2D eigenvalue weighted by Gasteiger charge is -2.32. The van der Waals surface area contributed by atoms with E-state index in [1.807, 2.05) is 6.92 Å². The molecule has 1 aliphatic heterocycles. The van der Waals surface area contributed by atoms with Crippen LogP contribution in [0.2, 0.25) is 0 Å². The van der Waals surface area contributed by atoms with E-state index in [4.69, 9.17) is 18.8 Å². The second-order valence-electron chi connectivity index (χ2n) is 11.2. The molecule has 0 N–H and O–H groups in total. The zero-order valence-corrected chi connectivity index (χ0v) is 22.1. The van der Waals surface area contributed by atoms with Crippen LogP contribution in [0, 0.1) is 18.8 Å². The molecule has 0 aromatic heterocycles. The van der Waals surface area contributed by atoms with Gasteiger partial charge < -0.3 is 18.8 Å². The Kier molecular flexibility index (Phi) is 6.04. The second-order valence-corrected chi connectivity index (χ2v) is 11.2. The van der Waals surface area contributed by atoms with Crippen LogP contribution in [-0.4, -0.2) is 30.9 Å². The molecule has 0 bridgehead atoms. The van der Waals surface area contributed by atoms with E-state index in [9.17, 15) is 4.79 Å². The SMILES string of the molecule is CCOC(=O)C1C2Cc3cc(OCc4cc(B5OC(C)(C)C(C)(C)O5)ccc4C)c(CC)cc3C21. The van der Waals surface area contributed by atoms with E-state index in [-0.39, 0.29) is 30.2 Å². The van der Waals surface area contributed by atoms with Crippen LogP contribution in [0.4, 0.5) is 0 Å². The Labute approximate surface area is 209 Å². The molecule has 3 aliphatic rings. The van der Waals surface area contributed by atoms with Crippen molar-refractivity contribution in [3.8, 4) is 5.75 Å². The Bertz CT molecular complexity index is 1140. The second kappa shape index (κ2) is 8.67. The fourth-order valence-electron chi connectivity index (χ4n) is 5.58. The van der Waals surface area contributed by atoms with Crippen LogP contribution >= 0.6 is 0 Å². The molecule has 6 heteroatoms. The van der Waals surface area contributed by atoms with Gasteiger partial charge in [-0.2, -0.15) is 0 Å². The van der Waals surface area contributed by atoms with Gasteiger partial charge in [-0.15, -0.1) is 0 Å². The number of ether oxygens (including phenoxy) is 2. The summed E-state index contributed by atoms with van der Waals surface area (Å²) in [5.41, 5.74) is 6.42. The molecule has 35 heavy (non-hydrogen) atoms. The van der Waals surface area contributed by atoms with Crippen LogP contribution in [0.15, 0.2) is 30.3 Å². The van der Waals surface area contributed by atoms with Gasteiger partial charge in [0.25, 0.3) is 0 Å². The van der Waals surface area contributed by atoms with Gasteiger partial charge in [-0.3, -0.25) is 4.79 Å². The fraction of sp³-hybridized carbons (Fsp3) is 0.552. The molecule has 0 radical (unpaired) electrons. The first-order valence-corrected chi connectivity index (χ1v) is 13.0. The minimum Gasteiger partial charge on any atom is -0.489 e. The van der Waals surface area contributed by atoms with Crippen LogP contribution < -0.4 is 10.2 Å². The number of fused-ring (bicyclic) bond motifs is 3. The van der Waals surface area contributed by atoms with E-state index in [0.29, 0.717) is 25.0 Å². The lowest BCUT2D eigenvalue weighted by molar-refractivity contribution is -0.145. The molecule has 2 aromatic rings. The fourth-order valence-corrected chi connectivity index (χ4v) is 5.58. The van der Waals surface area contributed by atoms with E-state index in [1.165, 1.54) is 22.3 Å². The molecule has 5 nitrogen and oxygen atoms in total. The summed E-state index contributed by atoms with van der Waals surface area (Å²) in [6, 6.07) is 10.8. The molecule has 0 spiro atoms. The summed E-state index contributed by atoms with van der Waals surface area (Å²) in [6.45, 7) is 15.4. The average molecular weight is 476 g/mol. The largest absolute Gasteiger partial charge is 0.494 e. The summed E-state index contributed by atoms with van der Waals surface area (Å²) in [5.74, 6) is 1.66. The van der Waals surface area contributed by atoms with Crippen LogP contribution in [0.25, 0.3) is 0 Å². The van der Waals surface area contributed by atoms with E-state index >= 15 is 0 Å². The minimum absolute atomic E-state index is 0.0381. The monoisotopic (exact) mass is 476 g/mol. The van der Waals surface area contributed by atoms with E-state index in [2.05, 4.69) is 71.9 Å². The first-order valence-electron chi connectivity index (χ1n) is 13.0. The van der Waals surface area contributed by atoms with Crippen molar-refractivity contribution in [2.75, 3.05) is 6.61 Å². The molecule has 2 fully saturated rings. The van der Waals surface area contributed by atoms with Crippen molar-refractivity contribution in [1.82, 2.24) is 0 Å². The predicted molar refractivity (Wildman–Crippen MR) is 137 cm³/mol. The van der Waals surface area contributed by atoms with Crippen molar-refractivity contribution >= 4 is 18.6 Å². The Balaban J connectivity index is 1.32. The van der Waals surface area contributed by atoms with E-state index in [1.54, 1.807) is 0 Å². The normalized spacial score (nSPS) is 25.2. The van der Waals surface area contributed by atoms with Gasteiger partial charge in [-0.1, -0.05) is 31.2 Å². The van der Waals surface area contributed by atoms with Crippen molar-refractivity contribution < 1.29 is 23.6 Å².